The molecule has 1 spiro atoms. The van der Waals surface area contributed by atoms with Gasteiger partial charge in [-0.05, 0) is 38.3 Å². The van der Waals surface area contributed by atoms with Crippen LogP contribution in [0.25, 0.3) is 0 Å². The first kappa shape index (κ1) is 26.6. The number of hydrogen-bond acceptors (Lipinski definition) is 5. The van der Waals surface area contributed by atoms with Crippen LogP contribution in [0.2, 0.25) is 0 Å². The zero-order valence-corrected chi connectivity index (χ0v) is 21.6. The molecule has 1 fully saturated rings. The number of pyridine rings is 1. The summed E-state index contributed by atoms with van der Waals surface area (Å²) in [4.78, 5) is 40.9. The Balaban J connectivity index is 1.43. The van der Waals surface area contributed by atoms with Gasteiger partial charge in [0, 0.05) is 37.0 Å². The standard InChI is InChI=1S/C29H29F2N3O5/c1-17(2)33-16-29(11-21(12-29)39-15-18-6-4-3-5-7-18)34-14-22(25(35)26(36)24(34)28(33)38)27(37)32-13-19-8-9-20(30)10-23(19)31/h3-10,14,17,21,36H,11-13,15-16H2,1-2H3,(H,32,37)/t21-,29-. The molecule has 1 aliphatic carbocycles. The minimum absolute atomic E-state index is 0.0312. The number of nitrogens with one attached hydrogen (secondary N) is 1. The second-order valence-electron chi connectivity index (χ2n) is 10.4. The maximum absolute atomic E-state index is 14.0. The van der Waals surface area contributed by atoms with E-state index in [-0.39, 0.29) is 35.5 Å². The molecule has 0 unspecified atom stereocenters. The number of aromatic nitrogens is 1. The molecule has 1 aliphatic heterocycles. The van der Waals surface area contributed by atoms with E-state index >= 15 is 0 Å². The van der Waals surface area contributed by atoms with Gasteiger partial charge in [0.25, 0.3) is 11.8 Å². The molecule has 2 aliphatic rings. The molecular formula is C29H29F2N3O5. The summed E-state index contributed by atoms with van der Waals surface area (Å²) in [6, 6.07) is 12.5. The van der Waals surface area contributed by atoms with E-state index in [1.54, 1.807) is 9.47 Å². The topological polar surface area (TPSA) is 101 Å². The molecule has 2 heterocycles. The lowest BCUT2D eigenvalue weighted by atomic mass is 9.71. The Hall–Kier alpha value is -4.05. The highest BCUT2D eigenvalue weighted by atomic mass is 19.1. The van der Waals surface area contributed by atoms with E-state index in [2.05, 4.69) is 5.32 Å². The van der Waals surface area contributed by atoms with Crippen molar-refractivity contribution in [3.8, 4) is 5.75 Å². The van der Waals surface area contributed by atoms with Crippen LogP contribution in [0.3, 0.4) is 0 Å². The maximum Gasteiger partial charge on any atom is 0.274 e. The van der Waals surface area contributed by atoms with Crippen LogP contribution in [0.15, 0.2) is 59.5 Å². The molecule has 0 radical (unpaired) electrons. The fourth-order valence-corrected chi connectivity index (χ4v) is 5.32. The second-order valence-corrected chi connectivity index (χ2v) is 10.4. The lowest BCUT2D eigenvalue weighted by Gasteiger charge is -2.55. The monoisotopic (exact) mass is 537 g/mol. The van der Waals surface area contributed by atoms with Crippen LogP contribution in [0.5, 0.6) is 5.75 Å². The average molecular weight is 538 g/mol. The molecule has 5 rings (SSSR count). The quantitative estimate of drug-likeness (QED) is 0.479. The summed E-state index contributed by atoms with van der Waals surface area (Å²) in [7, 11) is 0. The van der Waals surface area contributed by atoms with Crippen molar-refractivity contribution >= 4 is 11.8 Å². The predicted molar refractivity (Wildman–Crippen MR) is 138 cm³/mol. The van der Waals surface area contributed by atoms with Gasteiger partial charge >= 0.3 is 0 Å². The number of fused-ring (bicyclic) bond motifs is 2. The number of amides is 2. The number of ether oxygens (including phenoxy) is 1. The Kier molecular flexibility index (Phi) is 6.98. The first-order chi connectivity index (χ1) is 18.6. The van der Waals surface area contributed by atoms with Crippen molar-refractivity contribution in [3.63, 3.8) is 0 Å². The van der Waals surface area contributed by atoms with E-state index in [4.69, 9.17) is 4.74 Å². The lowest BCUT2D eigenvalue weighted by molar-refractivity contribution is -0.0969. The third-order valence-electron chi connectivity index (χ3n) is 7.49. The van der Waals surface area contributed by atoms with Crippen molar-refractivity contribution < 1.29 is 28.2 Å². The summed E-state index contributed by atoms with van der Waals surface area (Å²) in [5.41, 5.74) is -1.16. The number of halogens is 2. The van der Waals surface area contributed by atoms with Crippen molar-refractivity contribution in [1.29, 1.82) is 0 Å². The normalized spacial score (nSPS) is 20.2. The van der Waals surface area contributed by atoms with Gasteiger partial charge < -0.3 is 24.6 Å². The Morgan fingerprint density at radius 1 is 1.15 bits per heavy atom. The number of hydrogen-bond donors (Lipinski definition) is 2. The van der Waals surface area contributed by atoms with Gasteiger partial charge in [-0.3, -0.25) is 14.4 Å². The maximum atomic E-state index is 14.0. The Bertz CT molecular complexity index is 1480. The van der Waals surface area contributed by atoms with E-state index < -0.39 is 40.2 Å². The number of aromatic hydroxyl groups is 1. The first-order valence-corrected chi connectivity index (χ1v) is 12.8. The second kappa shape index (κ2) is 10.3. The largest absolute Gasteiger partial charge is 0.503 e. The molecule has 2 N–H and O–H groups in total. The molecule has 0 atom stereocenters. The van der Waals surface area contributed by atoms with Crippen molar-refractivity contribution in [1.82, 2.24) is 14.8 Å². The molecule has 1 aromatic heterocycles. The number of benzene rings is 2. The number of carbonyl (C=O) groups is 2. The van der Waals surface area contributed by atoms with Crippen LogP contribution in [0, 0.1) is 11.6 Å². The molecule has 8 nitrogen and oxygen atoms in total. The summed E-state index contributed by atoms with van der Waals surface area (Å²) in [6.45, 7) is 4.16. The molecule has 1 saturated carbocycles. The molecule has 39 heavy (non-hydrogen) atoms. The molecule has 2 aromatic carbocycles. The SMILES string of the molecule is CC(C)N1C[C@]2(C[C@@H](OCc3ccccc3)C2)n2cc(C(=O)NCc3ccc(F)cc3F)c(=O)c(O)c2C1=O. The number of carbonyl (C=O) groups excluding carboxylic acids is 2. The van der Waals surface area contributed by atoms with Gasteiger partial charge in [0.1, 0.15) is 17.2 Å². The third-order valence-corrected chi connectivity index (χ3v) is 7.49. The highest BCUT2D eigenvalue weighted by Gasteiger charge is 2.53. The van der Waals surface area contributed by atoms with Crippen LogP contribution in [0.4, 0.5) is 8.78 Å². The van der Waals surface area contributed by atoms with Gasteiger partial charge in [-0.25, -0.2) is 8.78 Å². The zero-order valence-electron chi connectivity index (χ0n) is 21.6. The number of rotatable bonds is 7. The molecule has 0 saturated heterocycles. The van der Waals surface area contributed by atoms with Crippen molar-refractivity contribution in [2.24, 2.45) is 0 Å². The third kappa shape index (κ3) is 4.92. The molecular weight excluding hydrogens is 508 g/mol. The molecule has 0 bridgehead atoms. The predicted octanol–water partition coefficient (Wildman–Crippen LogP) is 3.70. The summed E-state index contributed by atoms with van der Waals surface area (Å²) < 4.78 is 34.9. The highest BCUT2D eigenvalue weighted by molar-refractivity contribution is 5.99. The minimum atomic E-state index is -0.997. The summed E-state index contributed by atoms with van der Waals surface area (Å²) in [6.07, 6.45) is 2.19. The van der Waals surface area contributed by atoms with Crippen LogP contribution < -0.4 is 10.7 Å². The van der Waals surface area contributed by atoms with Crippen LogP contribution in [-0.4, -0.2) is 45.1 Å². The summed E-state index contributed by atoms with van der Waals surface area (Å²) in [5.74, 6) is -3.75. The fourth-order valence-electron chi connectivity index (χ4n) is 5.32. The van der Waals surface area contributed by atoms with Gasteiger partial charge in [0.05, 0.1) is 18.2 Å². The zero-order chi connectivity index (χ0) is 27.9. The first-order valence-electron chi connectivity index (χ1n) is 12.8. The Morgan fingerprint density at radius 3 is 2.54 bits per heavy atom. The van der Waals surface area contributed by atoms with Crippen molar-refractivity contribution in [2.45, 2.75) is 57.5 Å². The van der Waals surface area contributed by atoms with E-state index in [1.165, 1.54) is 12.3 Å². The smallest absolute Gasteiger partial charge is 0.274 e. The van der Waals surface area contributed by atoms with E-state index in [0.29, 0.717) is 32.1 Å². The van der Waals surface area contributed by atoms with Crippen molar-refractivity contribution in [3.05, 3.63) is 99.0 Å². The van der Waals surface area contributed by atoms with Gasteiger partial charge in [-0.15, -0.1) is 0 Å². The van der Waals surface area contributed by atoms with Gasteiger partial charge in [-0.2, -0.15) is 0 Å². The fraction of sp³-hybridized carbons (Fsp3) is 0.345. The number of nitrogens with zero attached hydrogens (tertiary/aromatic N) is 2. The van der Waals surface area contributed by atoms with Crippen LogP contribution in [-0.2, 0) is 23.4 Å². The van der Waals surface area contributed by atoms with Crippen LogP contribution in [0.1, 0.15) is 58.7 Å². The highest BCUT2D eigenvalue weighted by Crippen LogP contribution is 2.46. The minimum Gasteiger partial charge on any atom is -0.503 e. The molecule has 2 amide bonds. The van der Waals surface area contributed by atoms with Crippen molar-refractivity contribution in [2.75, 3.05) is 6.54 Å². The Morgan fingerprint density at radius 2 is 1.87 bits per heavy atom. The summed E-state index contributed by atoms with van der Waals surface area (Å²) in [5, 5.41) is 13.3. The van der Waals surface area contributed by atoms with E-state index in [0.717, 1.165) is 11.6 Å². The molecule has 10 heteroatoms. The molecule has 3 aromatic rings. The summed E-state index contributed by atoms with van der Waals surface area (Å²) >= 11 is 0. The van der Waals surface area contributed by atoms with E-state index in [1.807, 2.05) is 44.2 Å². The lowest BCUT2D eigenvalue weighted by Crippen LogP contribution is -2.63. The molecule has 204 valence electrons. The van der Waals surface area contributed by atoms with Gasteiger partial charge in [-0.1, -0.05) is 36.4 Å². The van der Waals surface area contributed by atoms with Gasteiger partial charge in [0.15, 0.2) is 11.4 Å². The average Bonchev–Trinajstić information content (AvgIpc) is 2.88. The Labute approximate surface area is 223 Å². The van der Waals surface area contributed by atoms with Crippen LogP contribution >= 0.6 is 0 Å². The van der Waals surface area contributed by atoms with E-state index in [9.17, 15) is 28.3 Å². The van der Waals surface area contributed by atoms with Gasteiger partial charge in [0.2, 0.25) is 5.43 Å².